The first-order valence-electron chi connectivity index (χ1n) is 12.3. The number of nitrogens with two attached hydrogens (primary N) is 1. The zero-order chi connectivity index (χ0) is 27.5. The zero-order valence-corrected chi connectivity index (χ0v) is 21.9. The van der Waals surface area contributed by atoms with E-state index in [-0.39, 0.29) is 23.8 Å². The average molecular weight is 507 g/mol. The summed E-state index contributed by atoms with van der Waals surface area (Å²) in [5.41, 5.74) is 3.62. The standard InChI is InChI=1S/C18H24N2O3.C10H14N4/c1-5-13-10-20(17(22)15(13)6-2)16(12(3)4)18(23)19-9-7-8-14(19)11-21;1-13-6-8-2-4-9(5-3-8)10(11)7-14-12/h5-6,11-12,14,16H,1-2,7-10H2,3-4H3;2-5,7,11,13H,6,12H2,1H3/b;11-10?,14-7-/t14-,16?;/m0./s1. The van der Waals surface area contributed by atoms with Gasteiger partial charge in [0, 0.05) is 30.8 Å². The second kappa shape index (κ2) is 14.0. The van der Waals surface area contributed by atoms with Gasteiger partial charge in [-0.2, -0.15) is 5.10 Å². The van der Waals surface area contributed by atoms with E-state index >= 15 is 0 Å². The number of nitrogens with one attached hydrogen (secondary N) is 2. The van der Waals surface area contributed by atoms with Crippen molar-refractivity contribution in [2.45, 2.75) is 45.3 Å². The maximum Gasteiger partial charge on any atom is 0.255 e. The van der Waals surface area contributed by atoms with Crippen molar-refractivity contribution in [1.82, 2.24) is 15.1 Å². The molecule has 2 heterocycles. The third-order valence-corrected chi connectivity index (χ3v) is 6.44. The van der Waals surface area contributed by atoms with Crippen LogP contribution in [0.5, 0.6) is 0 Å². The number of hydrogen-bond donors (Lipinski definition) is 3. The summed E-state index contributed by atoms with van der Waals surface area (Å²) in [7, 11) is 1.90. The number of carbonyl (C=O) groups excluding carboxylic acids is 3. The van der Waals surface area contributed by atoms with Gasteiger partial charge in [0.2, 0.25) is 5.91 Å². The lowest BCUT2D eigenvalue weighted by molar-refractivity contribution is -0.146. The fourth-order valence-corrected chi connectivity index (χ4v) is 4.56. The van der Waals surface area contributed by atoms with Gasteiger partial charge >= 0.3 is 0 Å². The Hall–Kier alpha value is -3.85. The molecule has 1 aromatic rings. The molecule has 1 saturated heterocycles. The molecule has 3 rings (SSSR count). The largest absolute Gasteiger partial charge is 0.331 e. The van der Waals surface area contributed by atoms with Crippen molar-refractivity contribution < 1.29 is 14.4 Å². The highest BCUT2D eigenvalue weighted by Crippen LogP contribution is 2.28. The first kappa shape index (κ1) is 29.4. The predicted octanol–water partition coefficient (Wildman–Crippen LogP) is 2.43. The van der Waals surface area contributed by atoms with Crippen LogP contribution in [-0.4, -0.2) is 72.0 Å². The van der Waals surface area contributed by atoms with E-state index in [1.54, 1.807) is 15.9 Å². The highest BCUT2D eigenvalue weighted by molar-refractivity contribution is 6.36. The third kappa shape index (κ3) is 7.10. The number of carbonyl (C=O) groups is 3. The number of hydrazone groups is 1. The summed E-state index contributed by atoms with van der Waals surface area (Å²) < 4.78 is 0. The van der Waals surface area contributed by atoms with Gasteiger partial charge in [-0.25, -0.2) is 0 Å². The van der Waals surface area contributed by atoms with Crippen molar-refractivity contribution in [3.8, 4) is 0 Å². The Balaban J connectivity index is 0.000000294. The predicted molar refractivity (Wildman–Crippen MR) is 147 cm³/mol. The van der Waals surface area contributed by atoms with Crippen molar-refractivity contribution in [1.29, 1.82) is 5.41 Å². The number of rotatable bonds is 10. The van der Waals surface area contributed by atoms with Gasteiger partial charge in [-0.05, 0) is 36.9 Å². The Labute approximate surface area is 219 Å². The van der Waals surface area contributed by atoms with Gasteiger partial charge in [0.1, 0.15) is 12.3 Å². The van der Waals surface area contributed by atoms with E-state index < -0.39 is 6.04 Å². The Morgan fingerprint density at radius 1 is 1.27 bits per heavy atom. The molecule has 0 saturated carbocycles. The van der Waals surface area contributed by atoms with Crippen LogP contribution in [0.2, 0.25) is 0 Å². The van der Waals surface area contributed by atoms with Crippen LogP contribution in [0.25, 0.3) is 0 Å². The molecule has 2 amide bonds. The molecule has 4 N–H and O–H groups in total. The first-order valence-corrected chi connectivity index (χ1v) is 12.3. The van der Waals surface area contributed by atoms with Gasteiger partial charge in [-0.15, -0.1) is 0 Å². The minimum absolute atomic E-state index is 0.0467. The van der Waals surface area contributed by atoms with Crippen LogP contribution < -0.4 is 11.2 Å². The Morgan fingerprint density at radius 2 is 1.95 bits per heavy atom. The Bertz CT molecular complexity index is 1070. The van der Waals surface area contributed by atoms with E-state index in [0.29, 0.717) is 30.8 Å². The number of benzene rings is 1. The number of likely N-dealkylation sites (tertiary alicyclic amines) is 1. The minimum atomic E-state index is -0.574. The van der Waals surface area contributed by atoms with Crippen molar-refractivity contribution in [2.24, 2.45) is 16.9 Å². The van der Waals surface area contributed by atoms with Crippen molar-refractivity contribution >= 4 is 30.0 Å². The molecule has 37 heavy (non-hydrogen) atoms. The summed E-state index contributed by atoms with van der Waals surface area (Å²) in [6.07, 6.45) is 6.83. The monoisotopic (exact) mass is 506 g/mol. The molecule has 1 unspecified atom stereocenters. The molecule has 2 aliphatic heterocycles. The number of aldehydes is 1. The molecule has 1 aromatic carbocycles. The maximum atomic E-state index is 13.0. The Morgan fingerprint density at radius 3 is 2.43 bits per heavy atom. The lowest BCUT2D eigenvalue weighted by atomic mass is 10.0. The topological polar surface area (TPSA) is 132 Å². The Kier molecular flexibility index (Phi) is 11.1. The molecule has 0 aromatic heterocycles. The van der Waals surface area contributed by atoms with E-state index in [2.05, 4.69) is 23.6 Å². The van der Waals surface area contributed by atoms with Crippen molar-refractivity contribution in [3.05, 3.63) is 71.8 Å². The van der Waals surface area contributed by atoms with Gasteiger partial charge in [0.15, 0.2) is 0 Å². The van der Waals surface area contributed by atoms with Gasteiger partial charge in [-0.3, -0.25) is 15.0 Å². The fourth-order valence-electron chi connectivity index (χ4n) is 4.56. The number of hydrogen-bond acceptors (Lipinski definition) is 7. The fraction of sp³-hybridized carbons (Fsp3) is 0.393. The summed E-state index contributed by atoms with van der Waals surface area (Å²) in [6.45, 7) is 13.0. The smallest absolute Gasteiger partial charge is 0.255 e. The lowest BCUT2D eigenvalue weighted by Crippen LogP contribution is -2.53. The molecule has 2 atom stereocenters. The summed E-state index contributed by atoms with van der Waals surface area (Å²) in [5.74, 6) is 4.58. The summed E-state index contributed by atoms with van der Waals surface area (Å²) in [4.78, 5) is 40.0. The number of amides is 2. The van der Waals surface area contributed by atoms with Crippen LogP contribution in [0.15, 0.2) is 65.8 Å². The summed E-state index contributed by atoms with van der Waals surface area (Å²) in [6, 6.07) is 6.78. The van der Waals surface area contributed by atoms with Crippen molar-refractivity contribution in [2.75, 3.05) is 20.1 Å². The quantitative estimate of drug-likeness (QED) is 0.194. The SMILES string of the molecule is C=CC1=C(C=C)C(=O)N(C(C(=O)N2CCC[C@H]2C=O)C(C)C)C1.CNCc1ccc(C(=N)/C=N\N)cc1. The molecule has 0 radical (unpaired) electrons. The normalized spacial score (nSPS) is 18.2. The molecule has 0 aliphatic carbocycles. The van der Waals surface area contributed by atoms with E-state index in [4.69, 9.17) is 11.3 Å². The summed E-state index contributed by atoms with van der Waals surface area (Å²) >= 11 is 0. The van der Waals surface area contributed by atoms with E-state index in [0.717, 1.165) is 30.4 Å². The molecule has 9 nitrogen and oxygen atoms in total. The zero-order valence-electron chi connectivity index (χ0n) is 21.9. The lowest BCUT2D eigenvalue weighted by Gasteiger charge is -2.34. The maximum absolute atomic E-state index is 13.0. The molecule has 0 spiro atoms. The number of nitrogens with zero attached hydrogens (tertiary/aromatic N) is 3. The highest BCUT2D eigenvalue weighted by Gasteiger charge is 2.42. The van der Waals surface area contributed by atoms with E-state index in [1.165, 1.54) is 17.9 Å². The van der Waals surface area contributed by atoms with E-state index in [1.807, 2.05) is 45.2 Å². The average Bonchev–Trinajstić information content (AvgIpc) is 3.49. The molecule has 1 fully saturated rings. The molecule has 9 heteroatoms. The van der Waals surface area contributed by atoms with Crippen LogP contribution in [0, 0.1) is 11.3 Å². The van der Waals surface area contributed by atoms with Gasteiger partial charge in [0.25, 0.3) is 5.91 Å². The van der Waals surface area contributed by atoms with Crippen LogP contribution in [-0.2, 0) is 20.9 Å². The van der Waals surface area contributed by atoms with Crippen LogP contribution >= 0.6 is 0 Å². The third-order valence-electron chi connectivity index (χ3n) is 6.44. The van der Waals surface area contributed by atoms with Crippen LogP contribution in [0.1, 0.15) is 37.8 Å². The van der Waals surface area contributed by atoms with E-state index in [9.17, 15) is 14.4 Å². The van der Waals surface area contributed by atoms with Crippen LogP contribution in [0.3, 0.4) is 0 Å². The van der Waals surface area contributed by atoms with Gasteiger partial charge < -0.3 is 25.8 Å². The van der Waals surface area contributed by atoms with Crippen molar-refractivity contribution in [3.63, 3.8) is 0 Å². The van der Waals surface area contributed by atoms with Crippen LogP contribution in [0.4, 0.5) is 0 Å². The molecular weight excluding hydrogens is 468 g/mol. The second-order valence-corrected chi connectivity index (χ2v) is 9.27. The minimum Gasteiger partial charge on any atom is -0.331 e. The molecule has 198 valence electrons. The molecular formula is C28H38N6O3. The second-order valence-electron chi connectivity index (χ2n) is 9.27. The van der Waals surface area contributed by atoms with Gasteiger partial charge in [-0.1, -0.05) is 63.4 Å². The van der Waals surface area contributed by atoms with Gasteiger partial charge in [0.05, 0.1) is 18.0 Å². The molecule has 2 aliphatic rings. The first-order chi connectivity index (χ1) is 17.7. The highest BCUT2D eigenvalue weighted by atomic mass is 16.2. The molecule has 0 bridgehead atoms. The summed E-state index contributed by atoms with van der Waals surface area (Å²) in [5, 5.41) is 13.9.